The minimum atomic E-state index is -1.01. The molecule has 1 aliphatic rings. The van der Waals surface area contributed by atoms with Crippen molar-refractivity contribution in [1.29, 1.82) is 0 Å². The number of H-pyrrole nitrogens is 1. The molecule has 0 spiro atoms. The summed E-state index contributed by atoms with van der Waals surface area (Å²) < 4.78 is 20.1. The predicted molar refractivity (Wildman–Crippen MR) is 88.9 cm³/mol. The molecule has 0 aliphatic carbocycles. The van der Waals surface area contributed by atoms with E-state index in [-0.39, 0.29) is 6.90 Å². The molecule has 1 aromatic heterocycles. The second-order valence-electron chi connectivity index (χ2n) is 6.07. The molecule has 0 saturated carbocycles. The van der Waals surface area contributed by atoms with E-state index < -0.39 is 35.8 Å². The van der Waals surface area contributed by atoms with E-state index in [1.54, 1.807) is 6.92 Å². The van der Waals surface area contributed by atoms with Gasteiger partial charge in [0, 0.05) is 19.7 Å². The zero-order valence-electron chi connectivity index (χ0n) is 14.9. The summed E-state index contributed by atoms with van der Waals surface area (Å²) in [5, 5.41) is 10.4. The smallest absolute Gasteiger partial charge is 0.330 e. The molecule has 2 heterocycles. The van der Waals surface area contributed by atoms with Gasteiger partial charge in [-0.1, -0.05) is 12.8 Å². The van der Waals surface area contributed by atoms with Crippen molar-refractivity contribution < 1.29 is 16.0 Å². The fraction of sp³-hybridized carbons (Fsp3) is 0.750. The number of unbranched alkanes of at least 4 members (excludes halogenated alkanes) is 3. The Morgan fingerprint density at radius 3 is 2.88 bits per heavy atom. The largest absolute Gasteiger partial charge is 0.388 e. The minimum Gasteiger partial charge on any atom is -0.388 e. The van der Waals surface area contributed by atoms with Gasteiger partial charge in [-0.05, 0) is 33.2 Å². The van der Waals surface area contributed by atoms with E-state index in [0.29, 0.717) is 18.7 Å². The first kappa shape index (κ1) is 17.3. The van der Waals surface area contributed by atoms with E-state index in [0.717, 1.165) is 25.7 Å². The van der Waals surface area contributed by atoms with Gasteiger partial charge in [0.1, 0.15) is 12.2 Å². The van der Waals surface area contributed by atoms with Crippen LogP contribution in [0.5, 0.6) is 0 Å². The quantitative estimate of drug-likeness (QED) is 0.573. The summed E-state index contributed by atoms with van der Waals surface area (Å²) in [5.41, 5.74) is 4.72. The van der Waals surface area contributed by atoms with E-state index in [1.807, 2.05) is 0 Å². The number of hydrogen-bond donors (Lipinski definition) is 3. The summed E-state index contributed by atoms with van der Waals surface area (Å²) in [5.74, 6) is 0. The summed E-state index contributed by atoms with van der Waals surface area (Å²) in [7, 11) is 0. The maximum atomic E-state index is 12.1. The summed E-state index contributed by atoms with van der Waals surface area (Å²) in [6, 6.07) is 0. The molecular weight excluding hydrogens is 314 g/mol. The van der Waals surface area contributed by atoms with Gasteiger partial charge in [-0.3, -0.25) is 14.3 Å². The van der Waals surface area contributed by atoms with E-state index in [1.165, 1.54) is 10.8 Å². The molecule has 0 amide bonds. The third kappa shape index (κ3) is 4.32. The molecule has 8 nitrogen and oxygen atoms in total. The van der Waals surface area contributed by atoms with Crippen LogP contribution in [-0.2, 0) is 9.47 Å². The molecule has 4 atom stereocenters. The first-order valence-corrected chi connectivity index (χ1v) is 8.26. The van der Waals surface area contributed by atoms with Crippen molar-refractivity contribution in [2.24, 2.45) is 5.73 Å². The fourth-order valence-electron chi connectivity index (χ4n) is 2.72. The Labute approximate surface area is 142 Å². The molecular formula is C16H27N3O5. The van der Waals surface area contributed by atoms with Gasteiger partial charge in [0.25, 0.3) is 5.56 Å². The van der Waals surface area contributed by atoms with Crippen LogP contribution in [0.15, 0.2) is 15.8 Å². The maximum absolute atomic E-state index is 12.1. The van der Waals surface area contributed by atoms with Gasteiger partial charge in [-0.2, -0.15) is 0 Å². The highest BCUT2D eigenvalue weighted by molar-refractivity contribution is 5.03. The van der Waals surface area contributed by atoms with Crippen molar-refractivity contribution in [2.45, 2.75) is 64.0 Å². The molecule has 4 N–H and O–H groups in total. The summed E-state index contributed by atoms with van der Waals surface area (Å²) in [4.78, 5) is 25.9. The van der Waals surface area contributed by atoms with Crippen LogP contribution in [0.2, 0.25) is 0 Å². The number of nitrogens with one attached hydrogen (secondary N) is 1. The highest BCUT2D eigenvalue weighted by Gasteiger charge is 2.43. The van der Waals surface area contributed by atoms with E-state index in [9.17, 15) is 14.7 Å². The molecule has 0 radical (unpaired) electrons. The van der Waals surface area contributed by atoms with Crippen LogP contribution in [0.1, 0.15) is 45.7 Å². The van der Waals surface area contributed by atoms with Gasteiger partial charge in [0.15, 0.2) is 6.23 Å². The standard InChI is InChI=1S/C16H27N3O5/c1-10-9-19(16(22)18-14(10)21)15-13(12(20)11(2)24-15)23-8-6-4-3-5-7-17/h9,11-13,15,20H,3-8,17H2,1-2H3,(H,18,21,22)/t11-,12-,13-,15-/m1/s1/i2D. The van der Waals surface area contributed by atoms with Crippen LogP contribution in [0.25, 0.3) is 0 Å². The monoisotopic (exact) mass is 342 g/mol. The molecule has 0 aromatic carbocycles. The van der Waals surface area contributed by atoms with Gasteiger partial charge in [-0.15, -0.1) is 0 Å². The number of aryl methyl sites for hydroxylation is 1. The SMILES string of the molecule is [2H]C[C@H]1O[C@@H](n2cc(C)c(=O)[nH]c2=O)[C@H](OCCCCCCN)[C@@H]1O. The molecule has 1 saturated heterocycles. The molecule has 136 valence electrons. The van der Waals surface area contributed by atoms with Crippen molar-refractivity contribution in [1.82, 2.24) is 9.55 Å². The number of aromatic nitrogens is 2. The Hall–Kier alpha value is -1.48. The minimum absolute atomic E-state index is 0.148. The first-order valence-electron chi connectivity index (χ1n) is 8.96. The Morgan fingerprint density at radius 1 is 1.42 bits per heavy atom. The molecule has 0 bridgehead atoms. The molecule has 1 aliphatic heterocycles. The lowest BCUT2D eigenvalue weighted by molar-refractivity contribution is -0.0703. The van der Waals surface area contributed by atoms with E-state index >= 15 is 0 Å². The molecule has 2 rings (SSSR count). The Kier molecular flexibility index (Phi) is 6.19. The van der Waals surface area contributed by atoms with Gasteiger partial charge < -0.3 is 20.3 Å². The number of aromatic amines is 1. The van der Waals surface area contributed by atoms with Crippen molar-refractivity contribution >= 4 is 0 Å². The third-order valence-electron chi connectivity index (χ3n) is 4.14. The zero-order valence-corrected chi connectivity index (χ0v) is 13.9. The molecule has 1 aromatic rings. The highest BCUT2D eigenvalue weighted by Crippen LogP contribution is 2.30. The zero-order chi connectivity index (χ0) is 18.4. The van der Waals surface area contributed by atoms with Crippen molar-refractivity contribution in [3.63, 3.8) is 0 Å². The highest BCUT2D eigenvalue weighted by atomic mass is 16.6. The van der Waals surface area contributed by atoms with Crippen molar-refractivity contribution in [2.75, 3.05) is 13.2 Å². The average molecular weight is 342 g/mol. The van der Waals surface area contributed by atoms with Gasteiger partial charge >= 0.3 is 5.69 Å². The normalized spacial score (nSPS) is 27.4. The second-order valence-corrected chi connectivity index (χ2v) is 6.07. The molecule has 0 unspecified atom stereocenters. The second kappa shape index (κ2) is 8.57. The van der Waals surface area contributed by atoms with Gasteiger partial charge in [-0.25, -0.2) is 4.79 Å². The van der Waals surface area contributed by atoms with Crippen LogP contribution in [0.4, 0.5) is 0 Å². The molecule has 24 heavy (non-hydrogen) atoms. The number of nitrogens with two attached hydrogens (primary N) is 1. The number of rotatable bonds is 8. The lowest BCUT2D eigenvalue weighted by Crippen LogP contribution is -2.39. The summed E-state index contributed by atoms with van der Waals surface area (Å²) >= 11 is 0. The van der Waals surface area contributed by atoms with Crippen LogP contribution in [0.3, 0.4) is 0 Å². The van der Waals surface area contributed by atoms with Crippen LogP contribution in [-0.4, -0.2) is 46.1 Å². The van der Waals surface area contributed by atoms with Crippen LogP contribution in [0, 0.1) is 6.92 Å². The number of hydrogen-bond acceptors (Lipinski definition) is 6. The van der Waals surface area contributed by atoms with Crippen LogP contribution < -0.4 is 17.0 Å². The van der Waals surface area contributed by atoms with Crippen LogP contribution >= 0.6 is 0 Å². The predicted octanol–water partition coefficient (Wildman–Crippen LogP) is 0.0275. The number of aliphatic hydroxyl groups is 1. The number of ether oxygens (including phenoxy) is 2. The Morgan fingerprint density at radius 2 is 2.17 bits per heavy atom. The van der Waals surface area contributed by atoms with E-state index in [4.69, 9.17) is 16.6 Å². The fourth-order valence-corrected chi connectivity index (χ4v) is 2.72. The average Bonchev–Trinajstić information content (AvgIpc) is 2.90. The molecule has 1 fully saturated rings. The number of nitrogens with zero attached hydrogens (tertiary/aromatic N) is 1. The first-order chi connectivity index (χ1) is 12.0. The van der Waals surface area contributed by atoms with Gasteiger partial charge in [0.2, 0.25) is 0 Å². The summed E-state index contributed by atoms with van der Waals surface area (Å²) in [6.07, 6.45) is 1.74. The lowest BCUT2D eigenvalue weighted by Gasteiger charge is -2.22. The molecule has 8 heteroatoms. The maximum Gasteiger partial charge on any atom is 0.330 e. The lowest BCUT2D eigenvalue weighted by atomic mass is 10.1. The topological polar surface area (TPSA) is 120 Å². The number of aliphatic hydroxyl groups excluding tert-OH is 1. The van der Waals surface area contributed by atoms with Crippen molar-refractivity contribution in [3.05, 3.63) is 32.6 Å². The third-order valence-corrected chi connectivity index (χ3v) is 4.14. The van der Waals surface area contributed by atoms with Gasteiger partial charge in [0.05, 0.1) is 6.10 Å². The van der Waals surface area contributed by atoms with E-state index in [2.05, 4.69) is 4.98 Å². The van der Waals surface area contributed by atoms with Crippen molar-refractivity contribution in [3.8, 4) is 0 Å². The summed E-state index contributed by atoms with van der Waals surface area (Å²) in [6.45, 7) is 2.51. The Balaban J connectivity index is 2.10. The Bertz CT molecular complexity index is 662.